The maximum Gasteiger partial charge on any atom is 0.111 e. The van der Waals surface area contributed by atoms with Crippen LogP contribution in [0.4, 0.5) is 0 Å². The van der Waals surface area contributed by atoms with Crippen LogP contribution in [0.15, 0.2) is 42.5 Å². The van der Waals surface area contributed by atoms with E-state index in [1.807, 2.05) is 6.07 Å². The van der Waals surface area contributed by atoms with Gasteiger partial charge >= 0.3 is 0 Å². The monoisotopic (exact) mass is 210 g/mol. The van der Waals surface area contributed by atoms with Gasteiger partial charge in [-0.3, -0.25) is 4.57 Å². The molecule has 1 aromatic heterocycles. The van der Waals surface area contributed by atoms with Gasteiger partial charge in [0.15, 0.2) is 0 Å². The average Bonchev–Trinajstić information content (AvgIpc) is 2.66. The zero-order chi connectivity index (χ0) is 11.0. The van der Waals surface area contributed by atoms with E-state index in [4.69, 9.17) is 0 Å². The average molecular weight is 210 g/mol. The molecular formula is C14H14N2. The number of imidazole rings is 1. The van der Waals surface area contributed by atoms with E-state index in [0.29, 0.717) is 0 Å². The highest BCUT2D eigenvalue weighted by Gasteiger charge is 2.09. The molecule has 2 nitrogen and oxygen atoms in total. The number of allylic oxidation sites excluding steroid dienone is 4. The van der Waals surface area contributed by atoms with Crippen LogP contribution < -0.4 is 0 Å². The van der Waals surface area contributed by atoms with E-state index in [2.05, 4.69) is 52.9 Å². The number of aromatic nitrogens is 2. The Hall–Kier alpha value is -1.83. The van der Waals surface area contributed by atoms with E-state index in [1.165, 1.54) is 11.2 Å². The Bertz CT molecular complexity index is 588. The Balaban J connectivity index is 2.26. The quantitative estimate of drug-likeness (QED) is 0.704. The van der Waals surface area contributed by atoms with Gasteiger partial charge in [0, 0.05) is 5.70 Å². The topological polar surface area (TPSA) is 17.8 Å². The van der Waals surface area contributed by atoms with Crippen molar-refractivity contribution in [1.29, 1.82) is 0 Å². The van der Waals surface area contributed by atoms with Crippen molar-refractivity contribution in [2.75, 3.05) is 0 Å². The summed E-state index contributed by atoms with van der Waals surface area (Å²) in [7, 11) is 0. The molecule has 1 aromatic carbocycles. The van der Waals surface area contributed by atoms with Crippen molar-refractivity contribution >= 4 is 16.7 Å². The van der Waals surface area contributed by atoms with Crippen LogP contribution >= 0.6 is 0 Å². The molecule has 1 aliphatic carbocycles. The lowest BCUT2D eigenvalue weighted by Crippen LogP contribution is -1.99. The van der Waals surface area contributed by atoms with Gasteiger partial charge in [0.25, 0.3) is 0 Å². The Morgan fingerprint density at radius 2 is 2.06 bits per heavy atom. The molecule has 0 fully saturated rings. The molecule has 2 heteroatoms. The zero-order valence-corrected chi connectivity index (χ0v) is 9.35. The molecule has 0 spiro atoms. The van der Waals surface area contributed by atoms with Gasteiger partial charge in [-0.1, -0.05) is 24.3 Å². The standard InChI is InChI=1S/C14H14N2/c1-11-15-13-9-5-6-10-14(13)16(11)12-7-3-2-4-8-12/h3,5-10H,2,4H2,1H3. The summed E-state index contributed by atoms with van der Waals surface area (Å²) in [5, 5.41) is 0. The number of aryl methyl sites for hydroxylation is 1. The van der Waals surface area contributed by atoms with Gasteiger partial charge in [0.1, 0.15) is 5.82 Å². The first kappa shape index (κ1) is 9.40. The molecule has 0 unspecified atom stereocenters. The minimum absolute atomic E-state index is 1.05. The van der Waals surface area contributed by atoms with Gasteiger partial charge in [-0.15, -0.1) is 0 Å². The Labute approximate surface area is 94.9 Å². The molecule has 0 saturated carbocycles. The first-order chi connectivity index (χ1) is 7.86. The Kier molecular flexibility index (Phi) is 2.13. The van der Waals surface area contributed by atoms with Crippen molar-refractivity contribution in [2.24, 2.45) is 0 Å². The molecule has 80 valence electrons. The minimum Gasteiger partial charge on any atom is -0.297 e. The molecule has 0 bridgehead atoms. The van der Waals surface area contributed by atoms with E-state index in [0.717, 1.165) is 24.2 Å². The van der Waals surface area contributed by atoms with Crippen LogP contribution in [-0.4, -0.2) is 9.55 Å². The summed E-state index contributed by atoms with van der Waals surface area (Å²) >= 11 is 0. The summed E-state index contributed by atoms with van der Waals surface area (Å²) in [6.45, 7) is 2.06. The third kappa shape index (κ3) is 1.38. The van der Waals surface area contributed by atoms with Crippen LogP contribution in [0.2, 0.25) is 0 Å². The largest absolute Gasteiger partial charge is 0.297 e. The number of rotatable bonds is 1. The summed E-state index contributed by atoms with van der Waals surface area (Å²) < 4.78 is 2.23. The van der Waals surface area contributed by atoms with E-state index in [-0.39, 0.29) is 0 Å². The second kappa shape index (κ2) is 3.63. The normalized spacial score (nSPS) is 15.4. The molecule has 1 aliphatic rings. The first-order valence-corrected chi connectivity index (χ1v) is 5.67. The number of nitrogens with zero attached hydrogens (tertiary/aromatic N) is 2. The summed E-state index contributed by atoms with van der Waals surface area (Å²) in [4.78, 5) is 4.58. The van der Waals surface area contributed by atoms with Crippen LogP contribution in [0.25, 0.3) is 16.7 Å². The molecule has 0 saturated heterocycles. The fourth-order valence-corrected chi connectivity index (χ4v) is 2.24. The molecule has 0 atom stereocenters. The highest BCUT2D eigenvalue weighted by molar-refractivity contribution is 5.81. The van der Waals surface area contributed by atoms with Crippen molar-refractivity contribution in [1.82, 2.24) is 9.55 Å². The molecule has 0 radical (unpaired) electrons. The highest BCUT2D eigenvalue weighted by atomic mass is 15.1. The predicted octanol–water partition coefficient (Wildman–Crippen LogP) is 3.54. The van der Waals surface area contributed by atoms with E-state index >= 15 is 0 Å². The summed E-state index contributed by atoms with van der Waals surface area (Å²) in [6, 6.07) is 8.28. The lowest BCUT2D eigenvalue weighted by molar-refractivity contribution is 0.977. The zero-order valence-electron chi connectivity index (χ0n) is 9.35. The molecule has 0 aliphatic heterocycles. The van der Waals surface area contributed by atoms with Crippen molar-refractivity contribution in [3.63, 3.8) is 0 Å². The van der Waals surface area contributed by atoms with Gasteiger partial charge in [-0.05, 0) is 38.0 Å². The summed E-state index contributed by atoms with van der Waals surface area (Å²) in [6.07, 6.45) is 8.96. The van der Waals surface area contributed by atoms with E-state index in [9.17, 15) is 0 Å². The molecule has 3 rings (SSSR count). The van der Waals surface area contributed by atoms with Gasteiger partial charge in [0.05, 0.1) is 11.0 Å². The van der Waals surface area contributed by atoms with Gasteiger partial charge in [-0.2, -0.15) is 0 Å². The van der Waals surface area contributed by atoms with Crippen LogP contribution in [0.3, 0.4) is 0 Å². The number of fused-ring (bicyclic) bond motifs is 1. The van der Waals surface area contributed by atoms with Gasteiger partial charge in [0.2, 0.25) is 0 Å². The molecular weight excluding hydrogens is 196 g/mol. The van der Waals surface area contributed by atoms with Crippen LogP contribution in [0, 0.1) is 6.92 Å². The summed E-state index contributed by atoms with van der Waals surface area (Å²) in [5.74, 6) is 1.05. The lowest BCUT2D eigenvalue weighted by atomic mass is 10.1. The highest BCUT2D eigenvalue weighted by Crippen LogP contribution is 2.23. The van der Waals surface area contributed by atoms with Crippen molar-refractivity contribution in [2.45, 2.75) is 19.8 Å². The van der Waals surface area contributed by atoms with Crippen molar-refractivity contribution in [3.05, 3.63) is 48.3 Å². The third-order valence-electron chi connectivity index (χ3n) is 2.96. The minimum atomic E-state index is 1.05. The predicted molar refractivity (Wildman–Crippen MR) is 67.1 cm³/mol. The number of para-hydroxylation sites is 2. The summed E-state index contributed by atoms with van der Waals surface area (Å²) in [5.41, 5.74) is 3.51. The van der Waals surface area contributed by atoms with E-state index in [1.54, 1.807) is 0 Å². The fraction of sp³-hybridized carbons (Fsp3) is 0.214. The first-order valence-electron chi connectivity index (χ1n) is 5.67. The fourth-order valence-electron chi connectivity index (χ4n) is 2.24. The number of benzene rings is 1. The second-order valence-corrected chi connectivity index (χ2v) is 4.09. The maximum atomic E-state index is 4.58. The molecule has 2 aromatic rings. The molecule has 16 heavy (non-hydrogen) atoms. The third-order valence-corrected chi connectivity index (χ3v) is 2.96. The second-order valence-electron chi connectivity index (χ2n) is 4.09. The van der Waals surface area contributed by atoms with Crippen molar-refractivity contribution < 1.29 is 0 Å². The molecule has 1 heterocycles. The molecule has 0 amide bonds. The lowest BCUT2D eigenvalue weighted by Gasteiger charge is -2.10. The number of hydrogen-bond acceptors (Lipinski definition) is 1. The van der Waals surface area contributed by atoms with Crippen LogP contribution in [-0.2, 0) is 0 Å². The SMILES string of the molecule is Cc1nc2ccccc2n1C1=CCCC=C1. The van der Waals surface area contributed by atoms with Gasteiger partial charge < -0.3 is 0 Å². The Morgan fingerprint density at radius 1 is 1.19 bits per heavy atom. The Morgan fingerprint density at radius 3 is 2.88 bits per heavy atom. The smallest absolute Gasteiger partial charge is 0.111 e. The van der Waals surface area contributed by atoms with Gasteiger partial charge in [-0.25, -0.2) is 4.98 Å². The van der Waals surface area contributed by atoms with E-state index < -0.39 is 0 Å². The van der Waals surface area contributed by atoms with Crippen LogP contribution in [0.1, 0.15) is 18.7 Å². The van der Waals surface area contributed by atoms with Crippen LogP contribution in [0.5, 0.6) is 0 Å². The maximum absolute atomic E-state index is 4.58. The molecule has 0 N–H and O–H groups in total. The van der Waals surface area contributed by atoms with Crippen molar-refractivity contribution in [3.8, 4) is 0 Å². The number of hydrogen-bond donors (Lipinski definition) is 0.